The van der Waals surface area contributed by atoms with Crippen LogP contribution in [0.3, 0.4) is 0 Å². The van der Waals surface area contributed by atoms with Gasteiger partial charge in [0.1, 0.15) is 0 Å². The van der Waals surface area contributed by atoms with Crippen LogP contribution in [0.15, 0.2) is 0 Å². The molecule has 0 N–H and O–H groups in total. The first-order valence-electron chi connectivity index (χ1n) is 5.41. The van der Waals surface area contributed by atoms with Gasteiger partial charge in [0.15, 0.2) is 0 Å². The van der Waals surface area contributed by atoms with Crippen molar-refractivity contribution in [3.8, 4) is 0 Å². The average molecular weight is 229 g/mol. The molecule has 0 aliphatic heterocycles. The summed E-state index contributed by atoms with van der Waals surface area (Å²) >= 11 is 0. The van der Waals surface area contributed by atoms with E-state index in [0.29, 0.717) is 0 Å². The zero-order valence-corrected chi connectivity index (χ0v) is 10.4. The molecule has 0 fully saturated rings. The summed E-state index contributed by atoms with van der Waals surface area (Å²) in [5.41, 5.74) is 0. The monoisotopic (exact) mass is 228 g/mol. The predicted molar refractivity (Wildman–Crippen MR) is 59.0 cm³/mol. The van der Waals surface area contributed by atoms with E-state index in [2.05, 4.69) is 27.7 Å². The van der Waals surface area contributed by atoms with Gasteiger partial charge in [0.25, 0.3) is 0 Å². The van der Waals surface area contributed by atoms with E-state index >= 15 is 0 Å². The molecule has 0 atom stereocenters. The van der Waals surface area contributed by atoms with Crippen LogP contribution in [0, 0.1) is 13.8 Å². The van der Waals surface area contributed by atoms with Crippen molar-refractivity contribution in [1.82, 2.24) is 0 Å². The first-order chi connectivity index (χ1) is 5.83. The minimum Gasteiger partial charge on any atom is -0.343 e. The van der Waals surface area contributed by atoms with Crippen molar-refractivity contribution in [2.24, 2.45) is 0 Å². The average Bonchev–Trinajstić information content (AvgIpc) is 2.12. The molecule has 0 rings (SSSR count). The summed E-state index contributed by atoms with van der Waals surface area (Å²) in [4.78, 5) is 0. The van der Waals surface area contributed by atoms with Gasteiger partial charge in [0.05, 0.1) is 0 Å². The molecule has 0 nitrogen and oxygen atoms in total. The van der Waals surface area contributed by atoms with Gasteiger partial charge in [-0.2, -0.15) is 12.8 Å². The fourth-order valence-electron chi connectivity index (χ4n) is 0.854. The normalized spacial score (nSPS) is 8.31. The molecular formula is C12H26Ni. The van der Waals surface area contributed by atoms with E-state index in [0.717, 1.165) is 12.8 Å². The quantitative estimate of drug-likeness (QED) is 0.348. The molecule has 0 saturated heterocycles. The van der Waals surface area contributed by atoms with Gasteiger partial charge in [0.2, 0.25) is 0 Å². The standard InChI is InChI=1S/2C6H13.Ni/c2*1-3-5-6-4-2;/h2*1,3-6H2,2H3;/q2*-1;+2. The zero-order chi connectivity index (χ0) is 9.66. The first kappa shape index (κ1) is 19.1. The third-order valence-electron chi connectivity index (χ3n) is 1.71. The van der Waals surface area contributed by atoms with Crippen molar-refractivity contribution in [2.75, 3.05) is 0 Å². The molecule has 0 spiro atoms. The molecule has 0 amide bonds. The maximum Gasteiger partial charge on any atom is 2.00 e. The molecule has 0 saturated carbocycles. The summed E-state index contributed by atoms with van der Waals surface area (Å²) in [6.07, 6.45) is 10.1. The maximum atomic E-state index is 3.72. The molecule has 13 heavy (non-hydrogen) atoms. The van der Waals surface area contributed by atoms with E-state index in [4.69, 9.17) is 0 Å². The van der Waals surface area contributed by atoms with Crippen molar-refractivity contribution >= 4 is 0 Å². The van der Waals surface area contributed by atoms with Gasteiger partial charge in [-0.1, -0.05) is 52.4 Å². The van der Waals surface area contributed by atoms with Gasteiger partial charge in [-0.15, -0.1) is 0 Å². The van der Waals surface area contributed by atoms with Crippen LogP contribution >= 0.6 is 0 Å². The molecular weight excluding hydrogens is 203 g/mol. The van der Waals surface area contributed by atoms with Crippen LogP contribution in [0.5, 0.6) is 0 Å². The van der Waals surface area contributed by atoms with Crippen LogP contribution in [-0.2, 0) is 16.5 Å². The number of hydrogen-bond acceptors (Lipinski definition) is 0. The van der Waals surface area contributed by atoms with Crippen molar-refractivity contribution in [3.63, 3.8) is 0 Å². The number of hydrogen-bond donors (Lipinski definition) is 0. The van der Waals surface area contributed by atoms with E-state index in [9.17, 15) is 0 Å². The van der Waals surface area contributed by atoms with Crippen LogP contribution in [0.2, 0.25) is 0 Å². The molecule has 0 radical (unpaired) electrons. The smallest absolute Gasteiger partial charge is 0.343 e. The second-order valence-electron chi connectivity index (χ2n) is 3.12. The minimum absolute atomic E-state index is 0. The van der Waals surface area contributed by atoms with Crippen molar-refractivity contribution < 1.29 is 16.5 Å². The Morgan fingerprint density at radius 2 is 1.00 bits per heavy atom. The summed E-state index contributed by atoms with van der Waals surface area (Å²) < 4.78 is 0. The molecule has 0 unspecified atom stereocenters. The number of unbranched alkanes of at least 4 members (excludes halogenated alkanes) is 6. The Labute approximate surface area is 95.8 Å². The third-order valence-corrected chi connectivity index (χ3v) is 1.71. The fraction of sp³-hybridized carbons (Fsp3) is 0.833. The van der Waals surface area contributed by atoms with E-state index in [1.807, 2.05) is 0 Å². The Morgan fingerprint density at radius 3 is 1.08 bits per heavy atom. The van der Waals surface area contributed by atoms with Gasteiger partial charge in [-0.3, -0.25) is 0 Å². The molecule has 0 heterocycles. The van der Waals surface area contributed by atoms with Crippen molar-refractivity contribution in [1.29, 1.82) is 0 Å². The van der Waals surface area contributed by atoms with E-state index in [1.54, 1.807) is 0 Å². The largest absolute Gasteiger partial charge is 2.00 e. The second-order valence-corrected chi connectivity index (χ2v) is 3.12. The van der Waals surface area contributed by atoms with Gasteiger partial charge >= 0.3 is 16.5 Å². The molecule has 0 aliphatic rings. The fourth-order valence-corrected chi connectivity index (χ4v) is 0.854. The molecule has 0 bridgehead atoms. The van der Waals surface area contributed by atoms with Crippen LogP contribution in [-0.4, -0.2) is 0 Å². The first-order valence-corrected chi connectivity index (χ1v) is 5.41. The van der Waals surface area contributed by atoms with Gasteiger partial charge in [0, 0.05) is 0 Å². The van der Waals surface area contributed by atoms with Crippen molar-refractivity contribution in [3.05, 3.63) is 13.8 Å². The van der Waals surface area contributed by atoms with Gasteiger partial charge in [-0.25, -0.2) is 0 Å². The Kier molecular flexibility index (Phi) is 33.7. The molecule has 0 aromatic rings. The summed E-state index contributed by atoms with van der Waals surface area (Å²) in [5.74, 6) is 0. The molecule has 1 heteroatoms. The van der Waals surface area contributed by atoms with E-state index in [1.165, 1.54) is 38.5 Å². The topological polar surface area (TPSA) is 0 Å². The van der Waals surface area contributed by atoms with Crippen LogP contribution < -0.4 is 0 Å². The molecule has 0 aliphatic carbocycles. The molecule has 0 aromatic carbocycles. The summed E-state index contributed by atoms with van der Waals surface area (Å²) in [6, 6.07) is 0. The summed E-state index contributed by atoms with van der Waals surface area (Å²) in [7, 11) is 0. The van der Waals surface area contributed by atoms with Gasteiger partial charge in [-0.05, 0) is 0 Å². The SMILES string of the molecule is [CH2-]CCCCC.[CH2-]CCCCC.[Ni+2]. The Hall–Kier alpha value is 0.494. The Balaban J connectivity index is -0.000000143. The van der Waals surface area contributed by atoms with Crippen LogP contribution in [0.4, 0.5) is 0 Å². The second kappa shape index (κ2) is 22.9. The van der Waals surface area contributed by atoms with Crippen molar-refractivity contribution in [2.45, 2.75) is 65.2 Å². The zero-order valence-electron chi connectivity index (χ0n) is 9.39. The Morgan fingerprint density at radius 1 is 0.692 bits per heavy atom. The predicted octanol–water partition coefficient (Wildman–Crippen LogP) is 4.80. The molecule has 84 valence electrons. The van der Waals surface area contributed by atoms with Crippen LogP contribution in [0.25, 0.3) is 0 Å². The third kappa shape index (κ3) is 32.6. The van der Waals surface area contributed by atoms with E-state index in [-0.39, 0.29) is 16.5 Å². The maximum absolute atomic E-state index is 3.72. The number of rotatable bonds is 6. The van der Waals surface area contributed by atoms with Gasteiger partial charge < -0.3 is 13.8 Å². The minimum atomic E-state index is 0. The van der Waals surface area contributed by atoms with Crippen LogP contribution in [0.1, 0.15) is 65.2 Å². The summed E-state index contributed by atoms with van der Waals surface area (Å²) in [5, 5.41) is 0. The molecule has 0 aromatic heterocycles. The van der Waals surface area contributed by atoms with E-state index < -0.39 is 0 Å². The Bertz CT molecular complexity index is 37.1. The summed E-state index contributed by atoms with van der Waals surface area (Å²) in [6.45, 7) is 11.9.